The van der Waals surface area contributed by atoms with Crippen LogP contribution in [0.3, 0.4) is 0 Å². The Bertz CT molecular complexity index is 317. The molecule has 1 unspecified atom stereocenters. The molecule has 0 bridgehead atoms. The number of hydrogen-bond donors (Lipinski definition) is 3. The fraction of sp³-hybridized carbons (Fsp3) is 0.250. The highest BCUT2D eigenvalue weighted by molar-refractivity contribution is 6.31. The van der Waals surface area contributed by atoms with Crippen molar-refractivity contribution in [2.24, 2.45) is 0 Å². The summed E-state index contributed by atoms with van der Waals surface area (Å²) in [5, 5.41) is 26.4. The van der Waals surface area contributed by atoms with Crippen LogP contribution in [0.25, 0.3) is 0 Å². The van der Waals surface area contributed by atoms with Crippen molar-refractivity contribution in [2.45, 2.75) is 6.17 Å². The topological polar surface area (TPSA) is 60.7 Å². The van der Waals surface area contributed by atoms with Gasteiger partial charge in [0.2, 0.25) is 0 Å². The van der Waals surface area contributed by atoms with Crippen molar-refractivity contribution < 1.29 is 19.7 Å². The second-order valence-electron chi connectivity index (χ2n) is 2.51. The van der Waals surface area contributed by atoms with Crippen molar-refractivity contribution in [1.82, 2.24) is 0 Å². The van der Waals surface area contributed by atoms with Gasteiger partial charge in [-0.3, -0.25) is 0 Å². The molecule has 1 rings (SSSR count). The molecular formula is C8H8ClFO3. The van der Waals surface area contributed by atoms with Gasteiger partial charge in [0, 0.05) is 11.6 Å². The molecule has 0 saturated heterocycles. The molecule has 5 heteroatoms. The van der Waals surface area contributed by atoms with Gasteiger partial charge in [-0.2, -0.15) is 0 Å². The largest absolute Gasteiger partial charge is 0.504 e. The molecule has 1 aromatic carbocycles. The molecule has 13 heavy (non-hydrogen) atoms. The van der Waals surface area contributed by atoms with E-state index in [1.165, 1.54) is 0 Å². The van der Waals surface area contributed by atoms with Crippen molar-refractivity contribution in [3.05, 3.63) is 22.7 Å². The van der Waals surface area contributed by atoms with Crippen molar-refractivity contribution >= 4 is 11.6 Å². The standard InChI is InChI=1S/C8H8ClFO3/c9-5-2-8(13)7(12)1-4(5)6(10)3-11/h1-2,6,11-13H,3H2. The van der Waals surface area contributed by atoms with Crippen molar-refractivity contribution in [3.63, 3.8) is 0 Å². The number of rotatable bonds is 2. The number of aromatic hydroxyl groups is 2. The van der Waals surface area contributed by atoms with E-state index in [-0.39, 0.29) is 10.6 Å². The van der Waals surface area contributed by atoms with Crippen LogP contribution >= 0.6 is 11.6 Å². The molecule has 0 aliphatic rings. The van der Waals surface area contributed by atoms with E-state index in [2.05, 4.69) is 0 Å². The minimum Gasteiger partial charge on any atom is -0.504 e. The quantitative estimate of drug-likeness (QED) is 0.646. The van der Waals surface area contributed by atoms with Gasteiger partial charge in [-0.05, 0) is 6.07 Å². The molecule has 0 aliphatic heterocycles. The predicted octanol–water partition coefficient (Wildman–Crippen LogP) is 1.75. The third kappa shape index (κ3) is 2.02. The summed E-state index contributed by atoms with van der Waals surface area (Å²) < 4.78 is 12.9. The fourth-order valence-electron chi connectivity index (χ4n) is 0.906. The number of hydrogen-bond acceptors (Lipinski definition) is 3. The lowest BCUT2D eigenvalue weighted by Crippen LogP contribution is -1.97. The monoisotopic (exact) mass is 206 g/mol. The van der Waals surface area contributed by atoms with Crippen LogP contribution in [0.15, 0.2) is 12.1 Å². The van der Waals surface area contributed by atoms with E-state index in [1.54, 1.807) is 0 Å². The van der Waals surface area contributed by atoms with Crippen molar-refractivity contribution in [3.8, 4) is 11.5 Å². The Kier molecular flexibility index (Phi) is 2.95. The maximum Gasteiger partial charge on any atom is 0.158 e. The van der Waals surface area contributed by atoms with E-state index in [0.717, 1.165) is 12.1 Å². The first kappa shape index (κ1) is 10.1. The van der Waals surface area contributed by atoms with Gasteiger partial charge in [-0.1, -0.05) is 11.6 Å². The molecule has 1 atom stereocenters. The van der Waals surface area contributed by atoms with Crippen molar-refractivity contribution in [1.29, 1.82) is 0 Å². The van der Waals surface area contributed by atoms with E-state index in [0.29, 0.717) is 0 Å². The number of phenols is 2. The Morgan fingerprint density at radius 3 is 2.38 bits per heavy atom. The maximum atomic E-state index is 12.9. The van der Waals surface area contributed by atoms with Crippen LogP contribution < -0.4 is 0 Å². The number of halogens is 2. The zero-order chi connectivity index (χ0) is 10.0. The number of aliphatic hydroxyl groups is 1. The highest BCUT2D eigenvalue weighted by Gasteiger charge is 2.15. The van der Waals surface area contributed by atoms with Gasteiger partial charge in [0.1, 0.15) is 6.17 Å². The molecule has 0 spiro atoms. The second-order valence-corrected chi connectivity index (χ2v) is 2.92. The van der Waals surface area contributed by atoms with E-state index in [1.807, 2.05) is 0 Å². The third-order valence-electron chi connectivity index (χ3n) is 1.59. The molecule has 0 radical (unpaired) electrons. The summed E-state index contributed by atoms with van der Waals surface area (Å²) in [5.41, 5.74) is -0.0422. The van der Waals surface area contributed by atoms with Crippen LogP contribution in [0.2, 0.25) is 5.02 Å². The van der Waals surface area contributed by atoms with E-state index in [9.17, 15) is 4.39 Å². The fourth-order valence-corrected chi connectivity index (χ4v) is 1.18. The Hall–Kier alpha value is -1.00. The van der Waals surface area contributed by atoms with Gasteiger partial charge >= 0.3 is 0 Å². The summed E-state index contributed by atoms with van der Waals surface area (Å²) in [4.78, 5) is 0. The highest BCUT2D eigenvalue weighted by atomic mass is 35.5. The SMILES string of the molecule is OCC(F)c1cc(O)c(O)cc1Cl. The van der Waals surface area contributed by atoms with Crippen LogP contribution in [0.5, 0.6) is 11.5 Å². The molecule has 3 nitrogen and oxygen atoms in total. The van der Waals surface area contributed by atoms with E-state index >= 15 is 0 Å². The zero-order valence-corrected chi connectivity index (χ0v) is 7.29. The summed E-state index contributed by atoms with van der Waals surface area (Å²) in [6.45, 7) is -0.718. The molecule has 0 heterocycles. The summed E-state index contributed by atoms with van der Waals surface area (Å²) in [6, 6.07) is 2.01. The average molecular weight is 207 g/mol. The first-order chi connectivity index (χ1) is 6.06. The summed E-state index contributed by atoms with van der Waals surface area (Å²) >= 11 is 5.55. The molecule has 0 amide bonds. The van der Waals surface area contributed by atoms with Gasteiger partial charge in [0.15, 0.2) is 11.5 Å². The molecule has 0 fully saturated rings. The van der Waals surface area contributed by atoms with Crippen molar-refractivity contribution in [2.75, 3.05) is 6.61 Å². The molecule has 0 saturated carbocycles. The number of alkyl halides is 1. The lowest BCUT2D eigenvalue weighted by molar-refractivity contribution is 0.179. The average Bonchev–Trinajstić information content (AvgIpc) is 2.10. The Morgan fingerprint density at radius 2 is 1.85 bits per heavy atom. The first-order valence-corrected chi connectivity index (χ1v) is 3.90. The number of benzene rings is 1. The van der Waals surface area contributed by atoms with Gasteiger partial charge < -0.3 is 15.3 Å². The Balaban J connectivity index is 3.15. The molecule has 0 aliphatic carbocycles. The number of phenolic OH excluding ortho intramolecular Hbond substituents is 2. The van der Waals surface area contributed by atoms with Gasteiger partial charge in [-0.25, -0.2) is 4.39 Å². The van der Waals surface area contributed by atoms with Crippen LogP contribution in [0.4, 0.5) is 4.39 Å². The van der Waals surface area contributed by atoms with E-state index in [4.69, 9.17) is 26.9 Å². The van der Waals surface area contributed by atoms with Crippen LogP contribution in [0.1, 0.15) is 11.7 Å². The van der Waals surface area contributed by atoms with E-state index < -0.39 is 24.3 Å². The van der Waals surface area contributed by atoms with Gasteiger partial charge in [-0.15, -0.1) is 0 Å². The minimum absolute atomic E-state index is 0.0307. The van der Waals surface area contributed by atoms with Crippen LogP contribution in [0, 0.1) is 0 Å². The lowest BCUT2D eigenvalue weighted by Gasteiger charge is -2.08. The molecular weight excluding hydrogens is 199 g/mol. The smallest absolute Gasteiger partial charge is 0.158 e. The van der Waals surface area contributed by atoms with Crippen LogP contribution in [-0.2, 0) is 0 Å². The van der Waals surface area contributed by atoms with Crippen LogP contribution in [-0.4, -0.2) is 21.9 Å². The summed E-state index contributed by atoms with van der Waals surface area (Å²) in [7, 11) is 0. The first-order valence-electron chi connectivity index (χ1n) is 3.52. The molecule has 0 aromatic heterocycles. The third-order valence-corrected chi connectivity index (χ3v) is 1.92. The maximum absolute atomic E-state index is 12.9. The summed E-state index contributed by atoms with van der Waals surface area (Å²) in [5.74, 6) is -0.880. The summed E-state index contributed by atoms with van der Waals surface area (Å²) in [6.07, 6.45) is -1.65. The normalized spacial score (nSPS) is 12.8. The highest BCUT2D eigenvalue weighted by Crippen LogP contribution is 2.35. The second kappa shape index (κ2) is 3.81. The molecule has 1 aromatic rings. The predicted molar refractivity (Wildman–Crippen MR) is 45.7 cm³/mol. The molecule has 3 N–H and O–H groups in total. The zero-order valence-electron chi connectivity index (χ0n) is 6.54. The number of aliphatic hydroxyl groups excluding tert-OH is 1. The lowest BCUT2D eigenvalue weighted by atomic mass is 10.1. The minimum atomic E-state index is -1.65. The Morgan fingerprint density at radius 1 is 1.31 bits per heavy atom. The van der Waals surface area contributed by atoms with Gasteiger partial charge in [0.25, 0.3) is 0 Å². The van der Waals surface area contributed by atoms with Gasteiger partial charge in [0.05, 0.1) is 11.6 Å². The molecule has 72 valence electrons. The Labute approximate surface area is 79.0 Å².